The average Bonchev–Trinajstić information content (AvgIpc) is 2.74. The molecule has 0 aliphatic rings. The molecular formula is C23H22N2O3. The van der Waals surface area contributed by atoms with Crippen LogP contribution in [0.1, 0.15) is 39.2 Å². The smallest absolute Gasteiger partial charge is 0.255 e. The van der Waals surface area contributed by atoms with E-state index in [1.165, 1.54) is 0 Å². The number of carbonyl (C=O) groups is 2. The van der Waals surface area contributed by atoms with Crippen LogP contribution in [0.15, 0.2) is 78.9 Å². The number of hydrogen-bond acceptors (Lipinski definition) is 3. The number of nitrogens with one attached hydrogen (secondary N) is 2. The lowest BCUT2D eigenvalue weighted by Crippen LogP contribution is -2.26. The monoisotopic (exact) mass is 374 g/mol. The Morgan fingerprint density at radius 2 is 1.36 bits per heavy atom. The van der Waals surface area contributed by atoms with Crippen molar-refractivity contribution in [1.29, 1.82) is 0 Å². The molecule has 28 heavy (non-hydrogen) atoms. The predicted octanol–water partition coefficient (Wildman–Crippen LogP) is 4.44. The molecule has 0 aliphatic carbocycles. The number of para-hydroxylation sites is 2. The van der Waals surface area contributed by atoms with Crippen LogP contribution in [-0.2, 0) is 0 Å². The van der Waals surface area contributed by atoms with Crippen LogP contribution in [0.2, 0.25) is 0 Å². The Labute approximate surface area is 164 Å². The third-order valence-corrected chi connectivity index (χ3v) is 4.41. The summed E-state index contributed by atoms with van der Waals surface area (Å²) in [5.41, 5.74) is 2.58. The number of hydrogen-bond donors (Lipinski definition) is 2. The van der Waals surface area contributed by atoms with Crippen molar-refractivity contribution in [3.8, 4) is 5.75 Å². The second-order valence-electron chi connectivity index (χ2n) is 6.34. The Bertz CT molecular complexity index is 953. The van der Waals surface area contributed by atoms with Gasteiger partial charge in [0.15, 0.2) is 0 Å². The van der Waals surface area contributed by atoms with E-state index in [2.05, 4.69) is 10.6 Å². The Hall–Kier alpha value is -3.60. The first-order chi connectivity index (χ1) is 13.6. The van der Waals surface area contributed by atoms with Gasteiger partial charge in [-0.25, -0.2) is 0 Å². The van der Waals surface area contributed by atoms with E-state index in [1.807, 2.05) is 49.4 Å². The lowest BCUT2D eigenvalue weighted by Gasteiger charge is -2.14. The maximum atomic E-state index is 12.5. The quantitative estimate of drug-likeness (QED) is 0.670. The minimum atomic E-state index is -0.269. The van der Waals surface area contributed by atoms with Gasteiger partial charge in [0.05, 0.1) is 18.8 Å². The van der Waals surface area contributed by atoms with Crippen LogP contribution in [0, 0.1) is 0 Å². The molecule has 0 saturated heterocycles. The normalized spacial score (nSPS) is 11.4. The molecule has 0 heterocycles. The van der Waals surface area contributed by atoms with E-state index < -0.39 is 0 Å². The van der Waals surface area contributed by atoms with Gasteiger partial charge in [0, 0.05) is 11.1 Å². The third-order valence-electron chi connectivity index (χ3n) is 4.41. The summed E-state index contributed by atoms with van der Waals surface area (Å²) >= 11 is 0. The van der Waals surface area contributed by atoms with E-state index in [0.29, 0.717) is 22.6 Å². The molecule has 3 rings (SSSR count). The average molecular weight is 374 g/mol. The maximum absolute atomic E-state index is 12.5. The van der Waals surface area contributed by atoms with Gasteiger partial charge in [0.1, 0.15) is 5.75 Å². The van der Waals surface area contributed by atoms with Crippen molar-refractivity contribution in [2.45, 2.75) is 13.0 Å². The number of carbonyl (C=O) groups excluding carboxylic acids is 2. The summed E-state index contributed by atoms with van der Waals surface area (Å²) in [6.07, 6.45) is 0. The van der Waals surface area contributed by atoms with Gasteiger partial charge in [-0.15, -0.1) is 0 Å². The van der Waals surface area contributed by atoms with E-state index in [9.17, 15) is 9.59 Å². The number of ether oxygens (including phenoxy) is 1. The zero-order chi connectivity index (χ0) is 19.9. The highest BCUT2D eigenvalue weighted by Gasteiger charge is 2.13. The third kappa shape index (κ3) is 4.57. The molecule has 0 aromatic heterocycles. The van der Waals surface area contributed by atoms with Crippen molar-refractivity contribution in [1.82, 2.24) is 5.32 Å². The molecule has 0 spiro atoms. The molecule has 5 heteroatoms. The molecule has 142 valence electrons. The lowest BCUT2D eigenvalue weighted by atomic mass is 10.1. The van der Waals surface area contributed by atoms with Crippen molar-refractivity contribution in [2.24, 2.45) is 0 Å². The Morgan fingerprint density at radius 1 is 0.786 bits per heavy atom. The van der Waals surface area contributed by atoms with E-state index >= 15 is 0 Å². The number of amides is 2. The zero-order valence-corrected chi connectivity index (χ0v) is 15.8. The summed E-state index contributed by atoms with van der Waals surface area (Å²) in [6, 6.07) is 23.4. The van der Waals surface area contributed by atoms with Crippen LogP contribution in [0.3, 0.4) is 0 Å². The van der Waals surface area contributed by atoms with Gasteiger partial charge < -0.3 is 15.4 Å². The molecule has 0 bridgehead atoms. The molecule has 5 nitrogen and oxygen atoms in total. The molecule has 3 aromatic carbocycles. The van der Waals surface area contributed by atoms with E-state index in [-0.39, 0.29) is 17.9 Å². The van der Waals surface area contributed by atoms with Gasteiger partial charge in [-0.1, -0.05) is 42.5 Å². The molecule has 0 aliphatic heterocycles. The minimum Gasteiger partial charge on any atom is -0.495 e. The second-order valence-corrected chi connectivity index (χ2v) is 6.34. The fraction of sp³-hybridized carbons (Fsp3) is 0.130. The molecule has 3 aromatic rings. The summed E-state index contributed by atoms with van der Waals surface area (Å²) in [4.78, 5) is 24.9. The molecule has 1 atom stereocenters. The molecular weight excluding hydrogens is 352 g/mol. The van der Waals surface area contributed by atoms with Crippen molar-refractivity contribution in [3.63, 3.8) is 0 Å². The first kappa shape index (κ1) is 19.2. The number of methoxy groups -OCH3 is 1. The van der Waals surface area contributed by atoms with Gasteiger partial charge >= 0.3 is 0 Å². The Morgan fingerprint density at radius 3 is 2.00 bits per heavy atom. The van der Waals surface area contributed by atoms with Crippen LogP contribution in [0.4, 0.5) is 5.69 Å². The van der Waals surface area contributed by atoms with Crippen LogP contribution < -0.4 is 15.4 Å². The van der Waals surface area contributed by atoms with Crippen LogP contribution in [-0.4, -0.2) is 18.9 Å². The van der Waals surface area contributed by atoms with Crippen molar-refractivity contribution in [3.05, 3.63) is 95.6 Å². The predicted molar refractivity (Wildman–Crippen MR) is 110 cm³/mol. The zero-order valence-electron chi connectivity index (χ0n) is 15.8. The standard InChI is InChI=1S/C23H22N2O3/c1-16(17-8-4-3-5-9-17)24-22(26)18-12-14-19(15-13-18)23(27)25-20-10-6-7-11-21(20)28-2/h3-16H,1-2H3,(H,24,26)(H,25,27). The van der Waals surface area contributed by atoms with Crippen LogP contribution in [0.5, 0.6) is 5.75 Å². The number of benzene rings is 3. The fourth-order valence-electron chi connectivity index (χ4n) is 2.82. The molecule has 0 fully saturated rings. The van der Waals surface area contributed by atoms with Crippen LogP contribution >= 0.6 is 0 Å². The van der Waals surface area contributed by atoms with Gasteiger partial charge in [-0.3, -0.25) is 9.59 Å². The summed E-state index contributed by atoms with van der Waals surface area (Å²) in [6.45, 7) is 1.93. The van der Waals surface area contributed by atoms with E-state index in [0.717, 1.165) is 5.56 Å². The minimum absolute atomic E-state index is 0.109. The number of rotatable bonds is 6. The van der Waals surface area contributed by atoms with E-state index in [4.69, 9.17) is 4.74 Å². The molecule has 2 amide bonds. The van der Waals surface area contributed by atoms with Crippen molar-refractivity contribution < 1.29 is 14.3 Å². The molecule has 0 radical (unpaired) electrons. The Kier molecular flexibility index (Phi) is 6.07. The van der Waals surface area contributed by atoms with Crippen molar-refractivity contribution >= 4 is 17.5 Å². The molecule has 1 unspecified atom stereocenters. The summed E-state index contributed by atoms with van der Waals surface area (Å²) in [7, 11) is 1.55. The van der Waals surface area contributed by atoms with Crippen LogP contribution in [0.25, 0.3) is 0 Å². The summed E-state index contributed by atoms with van der Waals surface area (Å²) in [5.74, 6) is 0.129. The maximum Gasteiger partial charge on any atom is 0.255 e. The molecule has 2 N–H and O–H groups in total. The summed E-state index contributed by atoms with van der Waals surface area (Å²) < 4.78 is 5.24. The first-order valence-electron chi connectivity index (χ1n) is 8.98. The topological polar surface area (TPSA) is 67.4 Å². The number of anilines is 1. The SMILES string of the molecule is COc1ccccc1NC(=O)c1ccc(C(=O)NC(C)c2ccccc2)cc1. The van der Waals surface area contributed by atoms with Crippen molar-refractivity contribution in [2.75, 3.05) is 12.4 Å². The first-order valence-corrected chi connectivity index (χ1v) is 8.98. The van der Waals surface area contributed by atoms with Gasteiger partial charge in [0.2, 0.25) is 0 Å². The highest BCUT2D eigenvalue weighted by Crippen LogP contribution is 2.23. The Balaban J connectivity index is 1.65. The van der Waals surface area contributed by atoms with Gasteiger partial charge in [0.25, 0.3) is 11.8 Å². The van der Waals surface area contributed by atoms with Gasteiger partial charge in [-0.2, -0.15) is 0 Å². The highest BCUT2D eigenvalue weighted by atomic mass is 16.5. The second kappa shape index (κ2) is 8.86. The van der Waals surface area contributed by atoms with E-state index in [1.54, 1.807) is 43.5 Å². The molecule has 0 saturated carbocycles. The lowest BCUT2D eigenvalue weighted by molar-refractivity contribution is 0.0938. The highest BCUT2D eigenvalue weighted by molar-refractivity contribution is 6.05. The summed E-state index contributed by atoms with van der Waals surface area (Å²) in [5, 5.41) is 5.78. The largest absolute Gasteiger partial charge is 0.495 e. The fourth-order valence-corrected chi connectivity index (χ4v) is 2.82. The van der Waals surface area contributed by atoms with Gasteiger partial charge in [-0.05, 0) is 48.9 Å².